The van der Waals surface area contributed by atoms with E-state index < -0.39 is 9.84 Å². The molecule has 0 aliphatic carbocycles. The molecule has 0 aliphatic rings. The van der Waals surface area contributed by atoms with E-state index in [1.807, 2.05) is 0 Å². The van der Waals surface area contributed by atoms with E-state index in [1.165, 1.54) is 6.92 Å². The summed E-state index contributed by atoms with van der Waals surface area (Å²) in [5.74, 6) is -0.00741. The maximum absolute atomic E-state index is 10.9. The van der Waals surface area contributed by atoms with Crippen LogP contribution in [0.5, 0.6) is 0 Å². The highest BCUT2D eigenvalue weighted by Gasteiger charge is 2.15. The molecular formula is C3H6N4O2S. The minimum absolute atomic E-state index is 0.00741. The molecule has 1 aromatic heterocycles. The van der Waals surface area contributed by atoms with Gasteiger partial charge in [-0.05, 0) is 5.21 Å². The van der Waals surface area contributed by atoms with Crippen LogP contribution in [-0.2, 0) is 9.84 Å². The van der Waals surface area contributed by atoms with Gasteiger partial charge in [-0.1, -0.05) is 12.0 Å². The maximum Gasteiger partial charge on any atom is 0.288 e. The van der Waals surface area contributed by atoms with E-state index in [2.05, 4.69) is 20.6 Å². The smallest absolute Gasteiger partial charge is 0.220 e. The van der Waals surface area contributed by atoms with E-state index in [0.717, 1.165) is 0 Å². The van der Waals surface area contributed by atoms with Crippen LogP contribution in [0.2, 0.25) is 0 Å². The normalized spacial score (nSPS) is 11.7. The van der Waals surface area contributed by atoms with Gasteiger partial charge in [0.15, 0.2) is 0 Å². The molecular weight excluding hydrogens is 156 g/mol. The van der Waals surface area contributed by atoms with Crippen molar-refractivity contribution in [3.05, 3.63) is 0 Å². The topological polar surface area (TPSA) is 88.6 Å². The van der Waals surface area contributed by atoms with Crippen LogP contribution in [0.3, 0.4) is 0 Å². The molecule has 6 nitrogen and oxygen atoms in total. The van der Waals surface area contributed by atoms with Crippen LogP contribution in [-0.4, -0.2) is 34.8 Å². The van der Waals surface area contributed by atoms with E-state index in [-0.39, 0.29) is 10.9 Å². The maximum atomic E-state index is 10.9. The van der Waals surface area contributed by atoms with E-state index in [0.29, 0.717) is 0 Å². The Morgan fingerprint density at radius 3 is 2.70 bits per heavy atom. The summed E-state index contributed by atoms with van der Waals surface area (Å²) in [4.78, 5) is 0. The van der Waals surface area contributed by atoms with Crippen LogP contribution >= 0.6 is 0 Å². The zero-order chi connectivity index (χ0) is 7.61. The van der Waals surface area contributed by atoms with Crippen molar-refractivity contribution in [3.8, 4) is 0 Å². The SMILES string of the molecule is CCS(=O)(=O)c1nn[nH]n1. The first-order valence-corrected chi connectivity index (χ1v) is 4.28. The number of nitrogens with one attached hydrogen (secondary N) is 1. The van der Waals surface area contributed by atoms with Gasteiger partial charge in [0, 0.05) is 0 Å². The number of tetrazole rings is 1. The monoisotopic (exact) mass is 162 g/mol. The average Bonchev–Trinajstić information content (AvgIpc) is 2.38. The van der Waals surface area contributed by atoms with Gasteiger partial charge in [0.1, 0.15) is 0 Å². The molecule has 0 amide bonds. The Balaban J connectivity index is 3.09. The minimum Gasteiger partial charge on any atom is -0.220 e. The number of hydrogen-bond donors (Lipinski definition) is 1. The van der Waals surface area contributed by atoms with Crippen molar-refractivity contribution < 1.29 is 8.42 Å². The summed E-state index contributed by atoms with van der Waals surface area (Å²) in [7, 11) is -3.27. The number of aromatic amines is 1. The van der Waals surface area contributed by atoms with Crippen molar-refractivity contribution in [2.75, 3.05) is 5.75 Å². The summed E-state index contributed by atoms with van der Waals surface area (Å²) in [5, 5.41) is 11.6. The zero-order valence-electron chi connectivity index (χ0n) is 5.27. The Morgan fingerprint density at radius 2 is 2.30 bits per heavy atom. The molecule has 0 saturated heterocycles. The van der Waals surface area contributed by atoms with Crippen LogP contribution in [0.25, 0.3) is 0 Å². The van der Waals surface area contributed by atoms with Gasteiger partial charge < -0.3 is 0 Å². The highest BCUT2D eigenvalue weighted by Crippen LogP contribution is 1.98. The second-order valence-electron chi connectivity index (χ2n) is 1.60. The van der Waals surface area contributed by atoms with Gasteiger partial charge in [-0.15, -0.1) is 5.10 Å². The second kappa shape index (κ2) is 2.33. The number of hydrogen-bond acceptors (Lipinski definition) is 5. The van der Waals surface area contributed by atoms with Crippen molar-refractivity contribution in [1.29, 1.82) is 0 Å². The van der Waals surface area contributed by atoms with E-state index in [9.17, 15) is 8.42 Å². The molecule has 0 bridgehead atoms. The van der Waals surface area contributed by atoms with Crippen molar-refractivity contribution in [3.63, 3.8) is 0 Å². The lowest BCUT2D eigenvalue weighted by Crippen LogP contribution is -2.05. The standard InChI is InChI=1S/C3H6N4O2S/c1-2-10(8,9)3-4-6-7-5-3/h2H2,1H3,(H,4,5,6,7). The Morgan fingerprint density at radius 1 is 1.60 bits per heavy atom. The molecule has 0 fully saturated rings. The molecule has 1 N–H and O–H groups in total. The number of nitrogens with zero attached hydrogens (tertiary/aromatic N) is 3. The minimum atomic E-state index is -3.27. The third kappa shape index (κ3) is 1.13. The fourth-order valence-electron chi connectivity index (χ4n) is 0.413. The number of aromatic nitrogens is 4. The lowest BCUT2D eigenvalue weighted by molar-refractivity contribution is 0.588. The lowest BCUT2D eigenvalue weighted by Gasteiger charge is -1.88. The van der Waals surface area contributed by atoms with Crippen molar-refractivity contribution in [1.82, 2.24) is 20.6 Å². The Hall–Kier alpha value is -0.980. The van der Waals surface area contributed by atoms with Crippen molar-refractivity contribution >= 4 is 9.84 Å². The van der Waals surface area contributed by atoms with Gasteiger partial charge in [-0.25, -0.2) is 8.42 Å². The van der Waals surface area contributed by atoms with E-state index in [1.54, 1.807) is 0 Å². The number of sulfone groups is 1. The number of rotatable bonds is 2. The first-order chi connectivity index (χ1) is 4.67. The fraction of sp³-hybridized carbons (Fsp3) is 0.667. The molecule has 0 atom stereocenters. The highest BCUT2D eigenvalue weighted by atomic mass is 32.2. The summed E-state index contributed by atoms with van der Waals surface area (Å²) in [6.07, 6.45) is 0. The molecule has 0 radical (unpaired) electrons. The van der Waals surface area contributed by atoms with Gasteiger partial charge in [0.05, 0.1) is 5.75 Å². The Kier molecular flexibility index (Phi) is 1.66. The molecule has 7 heteroatoms. The summed E-state index contributed by atoms with van der Waals surface area (Å²) in [6.45, 7) is 1.52. The van der Waals surface area contributed by atoms with Gasteiger partial charge >= 0.3 is 0 Å². The van der Waals surface area contributed by atoms with Gasteiger partial charge in [0.25, 0.3) is 5.16 Å². The third-order valence-electron chi connectivity index (χ3n) is 0.984. The molecule has 0 saturated carbocycles. The predicted octanol–water partition coefficient (Wildman–Crippen LogP) is -1.01. The molecule has 1 heterocycles. The summed E-state index contributed by atoms with van der Waals surface area (Å²) >= 11 is 0. The molecule has 10 heavy (non-hydrogen) atoms. The summed E-state index contributed by atoms with van der Waals surface area (Å²) in [5.41, 5.74) is 0. The summed E-state index contributed by atoms with van der Waals surface area (Å²) < 4.78 is 21.8. The Labute approximate surface area is 57.6 Å². The third-order valence-corrected chi connectivity index (χ3v) is 2.47. The van der Waals surface area contributed by atoms with Gasteiger partial charge in [0.2, 0.25) is 9.84 Å². The predicted molar refractivity (Wildman–Crippen MR) is 31.9 cm³/mol. The Bertz CT molecular complexity index is 288. The lowest BCUT2D eigenvalue weighted by atomic mass is 11.0. The van der Waals surface area contributed by atoms with Crippen LogP contribution in [0.4, 0.5) is 0 Å². The highest BCUT2D eigenvalue weighted by molar-refractivity contribution is 7.91. The molecule has 56 valence electrons. The van der Waals surface area contributed by atoms with Crippen LogP contribution in [0, 0.1) is 0 Å². The first-order valence-electron chi connectivity index (χ1n) is 2.63. The van der Waals surface area contributed by atoms with Crippen LogP contribution < -0.4 is 0 Å². The fourth-order valence-corrected chi connectivity index (χ4v) is 1.02. The molecule has 0 aliphatic heterocycles. The molecule has 0 aromatic carbocycles. The largest absolute Gasteiger partial charge is 0.288 e. The molecule has 0 spiro atoms. The van der Waals surface area contributed by atoms with Crippen molar-refractivity contribution in [2.45, 2.75) is 12.1 Å². The zero-order valence-corrected chi connectivity index (χ0v) is 6.09. The van der Waals surface area contributed by atoms with Gasteiger partial charge in [-0.2, -0.15) is 5.21 Å². The van der Waals surface area contributed by atoms with E-state index >= 15 is 0 Å². The van der Waals surface area contributed by atoms with Gasteiger partial charge in [-0.3, -0.25) is 0 Å². The molecule has 1 aromatic rings. The first kappa shape index (κ1) is 7.13. The average molecular weight is 162 g/mol. The van der Waals surface area contributed by atoms with Crippen LogP contribution in [0.1, 0.15) is 6.92 Å². The number of H-pyrrole nitrogens is 1. The van der Waals surface area contributed by atoms with Crippen LogP contribution in [0.15, 0.2) is 5.16 Å². The second-order valence-corrected chi connectivity index (χ2v) is 3.77. The van der Waals surface area contributed by atoms with E-state index in [4.69, 9.17) is 0 Å². The van der Waals surface area contributed by atoms with Crippen molar-refractivity contribution in [2.24, 2.45) is 0 Å². The summed E-state index contributed by atoms with van der Waals surface area (Å²) in [6, 6.07) is 0. The molecule has 0 unspecified atom stereocenters. The quantitative estimate of drug-likeness (QED) is 0.602. The molecule has 1 rings (SSSR count).